The van der Waals surface area contributed by atoms with Gasteiger partial charge in [0, 0.05) is 25.8 Å². The van der Waals surface area contributed by atoms with E-state index in [-0.39, 0.29) is 18.1 Å². The summed E-state index contributed by atoms with van der Waals surface area (Å²) in [4.78, 5) is 27.8. The summed E-state index contributed by atoms with van der Waals surface area (Å²) in [6, 6.07) is 4.54. The van der Waals surface area contributed by atoms with E-state index in [1.165, 1.54) is 6.07 Å². The fourth-order valence-electron chi connectivity index (χ4n) is 2.68. The van der Waals surface area contributed by atoms with E-state index in [4.69, 9.17) is 0 Å². The van der Waals surface area contributed by atoms with Crippen LogP contribution in [-0.4, -0.2) is 53.7 Å². The van der Waals surface area contributed by atoms with Crippen LogP contribution >= 0.6 is 0 Å². The second-order valence-electron chi connectivity index (χ2n) is 5.53. The van der Waals surface area contributed by atoms with Crippen molar-refractivity contribution in [2.24, 2.45) is 5.92 Å². The molecular weight excluding hydrogens is 270 g/mol. The Morgan fingerprint density at radius 2 is 2.33 bits per heavy atom. The molecule has 1 unspecified atom stereocenters. The molecule has 0 saturated carbocycles. The average molecular weight is 293 g/mol. The summed E-state index contributed by atoms with van der Waals surface area (Å²) in [6.07, 6.45) is 3.09. The zero-order chi connectivity index (χ0) is 15.1. The van der Waals surface area contributed by atoms with Gasteiger partial charge in [-0.15, -0.1) is 0 Å². The number of aromatic amines is 1. The molecule has 6 heteroatoms. The largest absolute Gasteiger partial charge is 0.396 e. The van der Waals surface area contributed by atoms with Gasteiger partial charge in [-0.2, -0.15) is 0 Å². The van der Waals surface area contributed by atoms with Crippen LogP contribution in [0.4, 0.5) is 0 Å². The van der Waals surface area contributed by atoms with Gasteiger partial charge < -0.3 is 20.3 Å². The Kier molecular flexibility index (Phi) is 5.95. The van der Waals surface area contributed by atoms with Crippen molar-refractivity contribution in [3.05, 3.63) is 34.2 Å². The highest BCUT2D eigenvalue weighted by atomic mass is 16.3. The van der Waals surface area contributed by atoms with Gasteiger partial charge in [-0.3, -0.25) is 9.59 Å². The number of hydrogen-bond acceptors (Lipinski definition) is 4. The van der Waals surface area contributed by atoms with Gasteiger partial charge in [0.25, 0.3) is 5.91 Å². The molecule has 1 aliphatic heterocycles. The van der Waals surface area contributed by atoms with E-state index in [1.54, 1.807) is 12.1 Å². The van der Waals surface area contributed by atoms with Gasteiger partial charge >= 0.3 is 0 Å². The number of nitrogens with one attached hydrogen (secondary N) is 2. The predicted molar refractivity (Wildman–Crippen MR) is 80.3 cm³/mol. The Balaban J connectivity index is 1.67. The van der Waals surface area contributed by atoms with Crippen molar-refractivity contribution in [1.82, 2.24) is 15.2 Å². The minimum absolute atomic E-state index is 0.250. The summed E-state index contributed by atoms with van der Waals surface area (Å²) in [5.41, 5.74) is 0.0202. The van der Waals surface area contributed by atoms with Crippen molar-refractivity contribution in [3.8, 4) is 0 Å². The molecule has 0 spiro atoms. The van der Waals surface area contributed by atoms with Gasteiger partial charge in [0.2, 0.25) is 5.56 Å². The third-order valence-electron chi connectivity index (χ3n) is 3.81. The fraction of sp³-hybridized carbons (Fsp3) is 0.600. The van der Waals surface area contributed by atoms with Gasteiger partial charge in [-0.1, -0.05) is 6.07 Å². The number of likely N-dealkylation sites (tertiary alicyclic amines) is 1. The maximum Gasteiger partial charge on any atom is 0.267 e. The summed E-state index contributed by atoms with van der Waals surface area (Å²) in [7, 11) is 0. The quantitative estimate of drug-likeness (QED) is 0.654. The Morgan fingerprint density at radius 3 is 3.10 bits per heavy atom. The maximum absolute atomic E-state index is 11.8. The molecule has 1 aromatic rings. The molecule has 0 radical (unpaired) electrons. The monoisotopic (exact) mass is 293 g/mol. The van der Waals surface area contributed by atoms with Crippen LogP contribution in [-0.2, 0) is 0 Å². The molecule has 21 heavy (non-hydrogen) atoms. The van der Waals surface area contributed by atoms with Gasteiger partial charge in [0.1, 0.15) is 5.69 Å². The van der Waals surface area contributed by atoms with Crippen LogP contribution in [0.25, 0.3) is 0 Å². The van der Waals surface area contributed by atoms with Gasteiger partial charge in [-0.25, -0.2) is 0 Å². The van der Waals surface area contributed by atoms with Crippen LogP contribution in [0.15, 0.2) is 23.0 Å². The van der Waals surface area contributed by atoms with Gasteiger partial charge in [0.15, 0.2) is 0 Å². The lowest BCUT2D eigenvalue weighted by molar-refractivity contribution is 0.0941. The van der Waals surface area contributed by atoms with Crippen molar-refractivity contribution >= 4 is 5.91 Å². The van der Waals surface area contributed by atoms with E-state index < -0.39 is 0 Å². The lowest BCUT2D eigenvalue weighted by Gasteiger charge is -2.31. The zero-order valence-corrected chi connectivity index (χ0v) is 12.2. The summed E-state index contributed by atoms with van der Waals surface area (Å²) in [6.45, 7) is 3.76. The lowest BCUT2D eigenvalue weighted by Crippen LogP contribution is -2.38. The number of aromatic nitrogens is 1. The van der Waals surface area contributed by atoms with E-state index in [0.29, 0.717) is 18.2 Å². The third kappa shape index (κ3) is 4.99. The van der Waals surface area contributed by atoms with E-state index in [2.05, 4.69) is 15.2 Å². The molecule has 1 aromatic heterocycles. The number of pyridine rings is 1. The highest BCUT2D eigenvalue weighted by molar-refractivity contribution is 5.92. The number of aliphatic hydroxyl groups is 1. The summed E-state index contributed by atoms with van der Waals surface area (Å²) < 4.78 is 0. The molecule has 6 nitrogen and oxygen atoms in total. The molecule has 3 N–H and O–H groups in total. The summed E-state index contributed by atoms with van der Waals surface area (Å²) in [5, 5.41) is 12.0. The molecule has 116 valence electrons. The number of carbonyl (C=O) groups excluding carboxylic acids is 1. The van der Waals surface area contributed by atoms with E-state index >= 15 is 0 Å². The minimum atomic E-state index is -0.272. The Labute approximate surface area is 124 Å². The van der Waals surface area contributed by atoms with Crippen LogP contribution in [0.2, 0.25) is 0 Å². The van der Waals surface area contributed by atoms with E-state index in [0.717, 1.165) is 38.9 Å². The van der Waals surface area contributed by atoms with Gasteiger partial charge in [-0.05, 0) is 44.3 Å². The van der Waals surface area contributed by atoms with Crippen molar-refractivity contribution < 1.29 is 9.90 Å². The number of H-pyrrole nitrogens is 1. The minimum Gasteiger partial charge on any atom is -0.396 e. The SMILES string of the molecule is O=C(NCCCN1CCCC(CO)C1)c1cccc(=O)[nH]1. The molecule has 0 bridgehead atoms. The summed E-state index contributed by atoms with van der Waals surface area (Å²) in [5.74, 6) is 0.141. The number of piperidine rings is 1. The van der Waals surface area contributed by atoms with Crippen LogP contribution in [0, 0.1) is 5.92 Å². The normalized spacial score (nSPS) is 19.4. The molecule has 1 fully saturated rings. The molecular formula is C15H23N3O3. The van der Waals surface area contributed by atoms with Crippen molar-refractivity contribution in [1.29, 1.82) is 0 Å². The molecule has 1 amide bonds. The zero-order valence-electron chi connectivity index (χ0n) is 12.2. The molecule has 0 aromatic carbocycles. The third-order valence-corrected chi connectivity index (χ3v) is 3.81. The van der Waals surface area contributed by atoms with Crippen molar-refractivity contribution in [2.45, 2.75) is 19.3 Å². The summed E-state index contributed by atoms with van der Waals surface area (Å²) >= 11 is 0. The smallest absolute Gasteiger partial charge is 0.267 e. The standard InChI is InChI=1S/C15H23N3O3/c19-11-12-4-2-8-18(10-12)9-3-7-16-15(21)13-5-1-6-14(20)17-13/h1,5-6,12,19H,2-4,7-11H2,(H,16,21)(H,17,20). The number of carbonyl (C=O) groups is 1. The van der Waals surface area contributed by atoms with Crippen LogP contribution in [0.5, 0.6) is 0 Å². The molecule has 1 atom stereocenters. The fourth-order valence-corrected chi connectivity index (χ4v) is 2.68. The molecule has 1 saturated heterocycles. The van der Waals surface area contributed by atoms with E-state index in [1.807, 2.05) is 0 Å². The Hall–Kier alpha value is -1.66. The number of rotatable bonds is 6. The highest BCUT2D eigenvalue weighted by Crippen LogP contribution is 2.15. The lowest BCUT2D eigenvalue weighted by atomic mass is 9.99. The molecule has 2 heterocycles. The van der Waals surface area contributed by atoms with Crippen molar-refractivity contribution in [2.75, 3.05) is 32.8 Å². The maximum atomic E-state index is 11.8. The number of amides is 1. The Morgan fingerprint density at radius 1 is 1.48 bits per heavy atom. The van der Waals surface area contributed by atoms with Crippen molar-refractivity contribution in [3.63, 3.8) is 0 Å². The molecule has 1 aliphatic rings. The second-order valence-corrected chi connectivity index (χ2v) is 5.53. The first-order chi connectivity index (χ1) is 10.2. The predicted octanol–water partition coefficient (Wildman–Crippen LogP) is 0.199. The van der Waals surface area contributed by atoms with Crippen LogP contribution in [0.3, 0.4) is 0 Å². The molecule has 0 aliphatic carbocycles. The number of nitrogens with zero attached hydrogens (tertiary/aromatic N) is 1. The first kappa shape index (κ1) is 15.7. The Bertz CT molecular complexity index is 515. The number of aliphatic hydroxyl groups excluding tert-OH is 1. The molecule has 2 rings (SSSR count). The first-order valence-electron chi connectivity index (χ1n) is 7.50. The van der Waals surface area contributed by atoms with E-state index in [9.17, 15) is 14.7 Å². The second kappa shape index (κ2) is 7.95. The highest BCUT2D eigenvalue weighted by Gasteiger charge is 2.18. The van der Waals surface area contributed by atoms with Crippen LogP contribution in [0.1, 0.15) is 29.8 Å². The number of hydrogen-bond donors (Lipinski definition) is 3. The first-order valence-corrected chi connectivity index (χ1v) is 7.50. The van der Waals surface area contributed by atoms with Crippen LogP contribution < -0.4 is 10.9 Å². The topological polar surface area (TPSA) is 85.4 Å². The average Bonchev–Trinajstić information content (AvgIpc) is 2.51. The van der Waals surface area contributed by atoms with Gasteiger partial charge in [0.05, 0.1) is 0 Å².